The number of aliphatic hydroxyl groups excluding tert-OH is 1. The predicted octanol–water partition coefficient (Wildman–Crippen LogP) is 5.22. The molecule has 27 heavy (non-hydrogen) atoms. The average molecular weight is 436 g/mol. The topological polar surface area (TPSA) is 83.3 Å². The minimum Gasteiger partial charge on any atom is -0.506 e. The first-order valence-corrected chi connectivity index (χ1v) is 8.46. The molecule has 0 unspecified atom stereocenters. The van der Waals surface area contributed by atoms with Crippen LogP contribution in [0.5, 0.6) is 0 Å². The Hall–Kier alpha value is -2.22. The lowest BCUT2D eigenvalue weighted by Gasteiger charge is -2.14. The second-order valence-corrected chi connectivity index (χ2v) is 6.15. The number of halogens is 5. The van der Waals surface area contributed by atoms with E-state index >= 15 is 0 Å². The predicted molar refractivity (Wildman–Crippen MR) is 98.6 cm³/mol. The summed E-state index contributed by atoms with van der Waals surface area (Å²) in [5.74, 6) is -3.91. The van der Waals surface area contributed by atoms with Crippen molar-refractivity contribution in [3.63, 3.8) is 0 Å². The van der Waals surface area contributed by atoms with Crippen LogP contribution in [-0.2, 0) is 9.53 Å². The van der Waals surface area contributed by atoms with Gasteiger partial charge in [0.15, 0.2) is 0 Å². The molecule has 0 amide bonds. The summed E-state index contributed by atoms with van der Waals surface area (Å²) < 4.78 is 32.0. The van der Waals surface area contributed by atoms with Crippen molar-refractivity contribution in [3.05, 3.63) is 67.9 Å². The third kappa shape index (κ3) is 4.37. The number of hydrogen-bond acceptors (Lipinski definition) is 5. The molecule has 0 aliphatic carbocycles. The molecule has 10 heteroatoms. The molecule has 0 bridgehead atoms. The number of carbonyl (C=O) groups excluding carboxylic acids is 1. The van der Waals surface area contributed by atoms with Crippen molar-refractivity contribution in [1.29, 1.82) is 5.41 Å². The molecular formula is C17H11Cl3F2N2O3. The standard InChI is InChI=1S/C17H11Cl3F2N2O3/c1-2-27-17(26)11(14(23)8-4-3-7(21)5-10(8)22)15(25)9-6-24-16(20)13(19)12(9)18/h3-6,23,25H,2H2,1H3. The Labute approximate surface area is 167 Å². The van der Waals surface area contributed by atoms with Crippen LogP contribution in [0.25, 0.3) is 5.76 Å². The summed E-state index contributed by atoms with van der Waals surface area (Å²) in [5, 5.41) is 18.1. The van der Waals surface area contributed by atoms with E-state index in [1.807, 2.05) is 0 Å². The van der Waals surface area contributed by atoms with Crippen molar-refractivity contribution < 1.29 is 23.4 Å². The maximum atomic E-state index is 14.1. The molecule has 1 heterocycles. The van der Waals surface area contributed by atoms with Gasteiger partial charge in [0, 0.05) is 17.8 Å². The van der Waals surface area contributed by atoms with Crippen LogP contribution in [0.3, 0.4) is 0 Å². The maximum Gasteiger partial charge on any atom is 0.344 e. The van der Waals surface area contributed by atoms with Crippen LogP contribution < -0.4 is 0 Å². The Morgan fingerprint density at radius 3 is 2.48 bits per heavy atom. The number of aromatic nitrogens is 1. The minimum atomic E-state index is -1.12. The Balaban J connectivity index is 2.70. The molecule has 0 saturated heterocycles. The third-order valence-electron chi connectivity index (χ3n) is 3.34. The first-order chi connectivity index (χ1) is 12.7. The first-order valence-electron chi connectivity index (χ1n) is 7.33. The van der Waals surface area contributed by atoms with Gasteiger partial charge >= 0.3 is 5.97 Å². The SMILES string of the molecule is CCOC(=O)C(C(=N)c1ccc(F)cc1F)=C(O)c1cnc(Cl)c(Cl)c1Cl. The fourth-order valence-electron chi connectivity index (χ4n) is 2.09. The van der Waals surface area contributed by atoms with Crippen molar-refractivity contribution in [3.8, 4) is 0 Å². The van der Waals surface area contributed by atoms with Gasteiger partial charge < -0.3 is 9.84 Å². The van der Waals surface area contributed by atoms with Crippen LogP contribution in [0.4, 0.5) is 8.78 Å². The molecule has 0 spiro atoms. The molecule has 0 aliphatic heterocycles. The number of pyridine rings is 1. The van der Waals surface area contributed by atoms with Crippen molar-refractivity contribution in [2.75, 3.05) is 6.61 Å². The number of hydrogen-bond donors (Lipinski definition) is 2. The van der Waals surface area contributed by atoms with E-state index in [9.17, 15) is 18.7 Å². The van der Waals surface area contributed by atoms with Gasteiger partial charge in [0.2, 0.25) is 0 Å². The Morgan fingerprint density at radius 2 is 1.89 bits per heavy atom. The van der Waals surface area contributed by atoms with Gasteiger partial charge in [-0.05, 0) is 19.1 Å². The zero-order valence-electron chi connectivity index (χ0n) is 13.6. The van der Waals surface area contributed by atoms with Gasteiger partial charge in [-0.2, -0.15) is 0 Å². The summed E-state index contributed by atoms with van der Waals surface area (Å²) in [4.78, 5) is 16.0. The number of rotatable bonds is 5. The molecule has 142 valence electrons. The number of benzene rings is 1. The minimum absolute atomic E-state index is 0.0812. The summed E-state index contributed by atoms with van der Waals surface area (Å²) in [6, 6.07) is 2.39. The summed E-state index contributed by atoms with van der Waals surface area (Å²) in [7, 11) is 0. The van der Waals surface area contributed by atoms with Crippen molar-refractivity contribution in [2.24, 2.45) is 0 Å². The van der Waals surface area contributed by atoms with Crippen LogP contribution in [0.2, 0.25) is 15.2 Å². The number of esters is 1. The summed E-state index contributed by atoms with van der Waals surface area (Å²) in [6.45, 7) is 1.42. The number of nitrogens with one attached hydrogen (secondary N) is 1. The smallest absolute Gasteiger partial charge is 0.344 e. The van der Waals surface area contributed by atoms with E-state index in [2.05, 4.69) is 4.98 Å². The van der Waals surface area contributed by atoms with Crippen molar-refractivity contribution in [2.45, 2.75) is 6.92 Å². The van der Waals surface area contributed by atoms with Crippen molar-refractivity contribution >= 4 is 52.2 Å². The molecule has 1 aromatic carbocycles. The van der Waals surface area contributed by atoms with Crippen LogP contribution in [0.1, 0.15) is 18.1 Å². The molecule has 0 saturated carbocycles. The van der Waals surface area contributed by atoms with Crippen LogP contribution in [0, 0.1) is 17.0 Å². The van der Waals surface area contributed by atoms with E-state index < -0.39 is 40.2 Å². The normalized spacial score (nSPS) is 11.8. The second kappa shape index (κ2) is 8.65. The monoisotopic (exact) mass is 434 g/mol. The highest BCUT2D eigenvalue weighted by molar-refractivity contribution is 6.48. The lowest BCUT2D eigenvalue weighted by atomic mass is 9.98. The quantitative estimate of drug-likeness (QED) is 0.222. The Bertz CT molecular complexity index is 965. The van der Waals surface area contributed by atoms with Crippen LogP contribution in [-0.4, -0.2) is 28.4 Å². The Kier molecular flexibility index (Phi) is 6.75. The Morgan fingerprint density at radius 1 is 1.22 bits per heavy atom. The fraction of sp³-hybridized carbons (Fsp3) is 0.118. The van der Waals surface area contributed by atoms with Gasteiger partial charge in [0.1, 0.15) is 28.1 Å². The highest BCUT2D eigenvalue weighted by Gasteiger charge is 2.27. The highest BCUT2D eigenvalue weighted by Crippen LogP contribution is 2.35. The zero-order valence-corrected chi connectivity index (χ0v) is 15.9. The second-order valence-electron chi connectivity index (χ2n) is 5.03. The molecule has 0 atom stereocenters. The molecule has 0 fully saturated rings. The van der Waals surface area contributed by atoms with E-state index in [0.29, 0.717) is 6.07 Å². The summed E-state index contributed by atoms with van der Waals surface area (Å²) >= 11 is 17.6. The molecule has 2 aromatic rings. The average Bonchev–Trinajstić information content (AvgIpc) is 2.60. The molecule has 2 rings (SSSR count). The lowest BCUT2D eigenvalue weighted by molar-refractivity contribution is -0.137. The molecule has 0 aliphatic rings. The van der Waals surface area contributed by atoms with Gasteiger partial charge in [0.25, 0.3) is 0 Å². The van der Waals surface area contributed by atoms with Gasteiger partial charge in [-0.25, -0.2) is 18.6 Å². The molecule has 2 N–H and O–H groups in total. The number of carbonyl (C=O) groups is 1. The van der Waals surface area contributed by atoms with E-state index in [0.717, 1.165) is 18.3 Å². The summed E-state index contributed by atoms with van der Waals surface area (Å²) in [5.41, 5.74) is -2.11. The van der Waals surface area contributed by atoms with E-state index in [-0.39, 0.29) is 27.4 Å². The largest absolute Gasteiger partial charge is 0.506 e. The fourth-order valence-corrected chi connectivity index (χ4v) is 2.66. The van der Waals surface area contributed by atoms with Gasteiger partial charge in [-0.15, -0.1) is 0 Å². The lowest BCUT2D eigenvalue weighted by Crippen LogP contribution is -2.19. The van der Waals surface area contributed by atoms with Gasteiger partial charge in [0.05, 0.1) is 27.9 Å². The zero-order chi connectivity index (χ0) is 20.3. The maximum absolute atomic E-state index is 14.1. The molecular weight excluding hydrogens is 425 g/mol. The number of ether oxygens (including phenoxy) is 1. The van der Waals surface area contributed by atoms with Gasteiger partial charge in [-0.3, -0.25) is 5.41 Å². The van der Waals surface area contributed by atoms with E-state index in [1.54, 1.807) is 0 Å². The molecule has 5 nitrogen and oxygen atoms in total. The summed E-state index contributed by atoms with van der Waals surface area (Å²) in [6.07, 6.45) is 1.03. The number of nitrogens with zero attached hydrogens (tertiary/aromatic N) is 1. The van der Waals surface area contributed by atoms with Crippen LogP contribution in [0.15, 0.2) is 30.0 Å². The first kappa shape index (κ1) is 21.1. The third-order valence-corrected chi connectivity index (χ3v) is 4.58. The van der Waals surface area contributed by atoms with E-state index in [4.69, 9.17) is 44.9 Å². The highest BCUT2D eigenvalue weighted by atomic mass is 35.5. The van der Waals surface area contributed by atoms with Gasteiger partial charge in [-0.1, -0.05) is 34.8 Å². The number of aliphatic hydroxyl groups is 1. The van der Waals surface area contributed by atoms with Crippen molar-refractivity contribution in [1.82, 2.24) is 4.98 Å². The molecule has 1 aromatic heterocycles. The van der Waals surface area contributed by atoms with E-state index in [1.165, 1.54) is 6.92 Å². The van der Waals surface area contributed by atoms with Crippen LogP contribution >= 0.6 is 34.8 Å². The molecule has 0 radical (unpaired) electrons.